The molecule has 1 saturated carbocycles. The summed E-state index contributed by atoms with van der Waals surface area (Å²) in [4.78, 5) is 11.3. The van der Waals surface area contributed by atoms with E-state index in [1.54, 1.807) is 0 Å². The van der Waals surface area contributed by atoms with Gasteiger partial charge in [0.2, 0.25) is 5.91 Å². The topological polar surface area (TPSA) is 49.3 Å². The first-order chi connectivity index (χ1) is 6.72. The second-order valence-electron chi connectivity index (χ2n) is 4.34. The summed E-state index contributed by atoms with van der Waals surface area (Å²) in [5, 5.41) is 11.5. The minimum atomic E-state index is -0.105. The van der Waals surface area contributed by atoms with Gasteiger partial charge in [-0.15, -0.1) is 0 Å². The van der Waals surface area contributed by atoms with E-state index in [2.05, 4.69) is 5.32 Å². The van der Waals surface area contributed by atoms with E-state index in [4.69, 9.17) is 5.11 Å². The van der Waals surface area contributed by atoms with Gasteiger partial charge in [-0.25, -0.2) is 0 Å². The zero-order valence-corrected chi connectivity index (χ0v) is 8.96. The van der Waals surface area contributed by atoms with Crippen LogP contribution in [0.3, 0.4) is 0 Å². The molecule has 1 aliphatic rings. The molecule has 0 aliphatic heterocycles. The molecule has 3 heteroatoms. The smallest absolute Gasteiger partial charge is 0.220 e. The Bertz CT molecular complexity index is 176. The monoisotopic (exact) mass is 199 g/mol. The lowest BCUT2D eigenvalue weighted by Crippen LogP contribution is -2.35. The van der Waals surface area contributed by atoms with Crippen LogP contribution >= 0.6 is 0 Å². The molecule has 82 valence electrons. The summed E-state index contributed by atoms with van der Waals surface area (Å²) in [7, 11) is 0. The Morgan fingerprint density at radius 1 is 1.50 bits per heavy atom. The molecule has 1 amide bonds. The van der Waals surface area contributed by atoms with Crippen LogP contribution in [0.25, 0.3) is 0 Å². The van der Waals surface area contributed by atoms with Crippen LogP contribution in [0.4, 0.5) is 0 Å². The van der Waals surface area contributed by atoms with E-state index in [1.165, 1.54) is 25.7 Å². The molecule has 1 fully saturated rings. The Labute approximate surface area is 85.9 Å². The van der Waals surface area contributed by atoms with Crippen LogP contribution in [0.2, 0.25) is 0 Å². The van der Waals surface area contributed by atoms with Crippen LogP contribution in [0.5, 0.6) is 0 Å². The zero-order chi connectivity index (χ0) is 10.4. The van der Waals surface area contributed by atoms with Crippen molar-refractivity contribution in [2.45, 2.75) is 51.5 Å². The van der Waals surface area contributed by atoms with Gasteiger partial charge in [-0.1, -0.05) is 25.7 Å². The summed E-state index contributed by atoms with van der Waals surface area (Å²) in [5.74, 6) is 0.851. The largest absolute Gasteiger partial charge is 0.394 e. The van der Waals surface area contributed by atoms with Gasteiger partial charge in [-0.2, -0.15) is 0 Å². The van der Waals surface area contributed by atoms with Crippen molar-refractivity contribution in [1.82, 2.24) is 5.32 Å². The molecule has 0 aromatic carbocycles. The minimum absolute atomic E-state index is 0.0230. The van der Waals surface area contributed by atoms with Crippen molar-refractivity contribution in [1.29, 1.82) is 0 Å². The fourth-order valence-corrected chi connectivity index (χ4v) is 2.03. The second-order valence-corrected chi connectivity index (χ2v) is 4.34. The molecule has 0 spiro atoms. The number of hydrogen-bond acceptors (Lipinski definition) is 2. The normalized spacial score (nSPS) is 19.6. The number of aliphatic hydroxyl groups excluding tert-OH is 1. The molecule has 0 heterocycles. The van der Waals surface area contributed by atoms with Crippen molar-refractivity contribution in [3.05, 3.63) is 0 Å². The van der Waals surface area contributed by atoms with Crippen molar-refractivity contribution in [2.24, 2.45) is 5.92 Å². The van der Waals surface area contributed by atoms with E-state index in [1.807, 2.05) is 6.92 Å². The fourth-order valence-electron chi connectivity index (χ4n) is 2.03. The minimum Gasteiger partial charge on any atom is -0.394 e. The highest BCUT2D eigenvalue weighted by molar-refractivity contribution is 5.76. The number of carbonyl (C=O) groups excluding carboxylic acids is 1. The number of nitrogens with one attached hydrogen (secondary N) is 1. The Morgan fingerprint density at radius 2 is 2.14 bits per heavy atom. The highest BCUT2D eigenvalue weighted by Crippen LogP contribution is 2.28. The van der Waals surface area contributed by atoms with Gasteiger partial charge >= 0.3 is 0 Å². The first-order valence-electron chi connectivity index (χ1n) is 5.62. The fraction of sp³-hybridized carbons (Fsp3) is 0.909. The van der Waals surface area contributed by atoms with E-state index >= 15 is 0 Å². The van der Waals surface area contributed by atoms with Gasteiger partial charge in [-0.3, -0.25) is 4.79 Å². The predicted molar refractivity (Wildman–Crippen MR) is 55.9 cm³/mol. The Hall–Kier alpha value is -0.570. The lowest BCUT2D eigenvalue weighted by molar-refractivity contribution is -0.122. The number of aliphatic hydroxyl groups is 1. The third-order valence-corrected chi connectivity index (χ3v) is 2.94. The standard InChI is InChI=1S/C11H21NO2/c1-9(8-13)12-11(14)7-6-10-4-2-3-5-10/h9-10,13H,2-8H2,1H3,(H,12,14)/t9-/m0/s1. The van der Waals surface area contributed by atoms with E-state index in [9.17, 15) is 4.79 Å². The lowest BCUT2D eigenvalue weighted by Gasteiger charge is -2.12. The summed E-state index contributed by atoms with van der Waals surface area (Å²) >= 11 is 0. The average molecular weight is 199 g/mol. The number of rotatable bonds is 5. The molecule has 0 aromatic rings. The summed E-state index contributed by atoms with van der Waals surface area (Å²) in [6.45, 7) is 1.84. The maximum Gasteiger partial charge on any atom is 0.220 e. The van der Waals surface area contributed by atoms with Crippen molar-refractivity contribution >= 4 is 5.91 Å². The SMILES string of the molecule is C[C@@H](CO)NC(=O)CCC1CCCC1. The maximum atomic E-state index is 11.3. The van der Waals surface area contributed by atoms with Gasteiger partial charge in [0.15, 0.2) is 0 Å². The summed E-state index contributed by atoms with van der Waals surface area (Å²) in [5.41, 5.74) is 0. The third-order valence-electron chi connectivity index (χ3n) is 2.94. The molecule has 0 bridgehead atoms. The quantitative estimate of drug-likeness (QED) is 0.704. The van der Waals surface area contributed by atoms with Crippen LogP contribution in [0.1, 0.15) is 45.4 Å². The second kappa shape index (κ2) is 6.02. The van der Waals surface area contributed by atoms with Crippen molar-refractivity contribution in [3.63, 3.8) is 0 Å². The number of carbonyl (C=O) groups is 1. The molecule has 2 N–H and O–H groups in total. The summed E-state index contributed by atoms with van der Waals surface area (Å²) < 4.78 is 0. The maximum absolute atomic E-state index is 11.3. The molecular weight excluding hydrogens is 178 g/mol. The van der Waals surface area contributed by atoms with Crippen LogP contribution < -0.4 is 5.32 Å². The Morgan fingerprint density at radius 3 is 2.71 bits per heavy atom. The highest BCUT2D eigenvalue weighted by atomic mass is 16.3. The molecule has 0 radical (unpaired) electrons. The van der Waals surface area contributed by atoms with Crippen LogP contribution in [-0.2, 0) is 4.79 Å². The lowest BCUT2D eigenvalue weighted by atomic mass is 10.0. The van der Waals surface area contributed by atoms with Crippen LogP contribution in [0.15, 0.2) is 0 Å². The van der Waals surface area contributed by atoms with Gasteiger partial charge in [0.05, 0.1) is 6.61 Å². The van der Waals surface area contributed by atoms with E-state index in [0.29, 0.717) is 6.42 Å². The molecule has 1 atom stereocenters. The van der Waals surface area contributed by atoms with E-state index in [0.717, 1.165) is 12.3 Å². The molecule has 0 saturated heterocycles. The molecule has 14 heavy (non-hydrogen) atoms. The molecule has 0 unspecified atom stereocenters. The Kier molecular flexibility index (Phi) is 4.94. The summed E-state index contributed by atoms with van der Waals surface area (Å²) in [6.07, 6.45) is 6.89. The molecule has 3 nitrogen and oxygen atoms in total. The zero-order valence-electron chi connectivity index (χ0n) is 8.96. The molecule has 0 aromatic heterocycles. The highest BCUT2D eigenvalue weighted by Gasteiger charge is 2.16. The average Bonchev–Trinajstić information content (AvgIpc) is 2.67. The van der Waals surface area contributed by atoms with E-state index < -0.39 is 0 Å². The predicted octanol–water partition coefficient (Wildman–Crippen LogP) is 1.45. The van der Waals surface area contributed by atoms with Crippen molar-refractivity contribution < 1.29 is 9.90 Å². The number of amides is 1. The molecule has 1 aliphatic carbocycles. The molecule has 1 rings (SSSR count). The van der Waals surface area contributed by atoms with Gasteiger partial charge < -0.3 is 10.4 Å². The Balaban J connectivity index is 2.08. The van der Waals surface area contributed by atoms with Crippen molar-refractivity contribution in [2.75, 3.05) is 6.61 Å². The van der Waals surface area contributed by atoms with Crippen LogP contribution in [-0.4, -0.2) is 23.7 Å². The van der Waals surface area contributed by atoms with E-state index in [-0.39, 0.29) is 18.6 Å². The number of hydrogen-bond donors (Lipinski definition) is 2. The van der Waals surface area contributed by atoms with Gasteiger partial charge in [0.25, 0.3) is 0 Å². The first kappa shape index (κ1) is 11.5. The first-order valence-corrected chi connectivity index (χ1v) is 5.62. The van der Waals surface area contributed by atoms with Gasteiger partial charge in [0.1, 0.15) is 0 Å². The van der Waals surface area contributed by atoms with Gasteiger partial charge in [0, 0.05) is 12.5 Å². The summed E-state index contributed by atoms with van der Waals surface area (Å²) in [6, 6.07) is -0.105. The third kappa shape index (κ3) is 4.09. The van der Waals surface area contributed by atoms with Crippen molar-refractivity contribution in [3.8, 4) is 0 Å². The van der Waals surface area contributed by atoms with Crippen LogP contribution in [0, 0.1) is 5.92 Å². The van der Waals surface area contributed by atoms with Gasteiger partial charge in [-0.05, 0) is 19.3 Å². The molecular formula is C11H21NO2.